The number of imidazole rings is 1. The molecule has 2 N–H and O–H groups in total. The van der Waals surface area contributed by atoms with Gasteiger partial charge in [0.1, 0.15) is 6.33 Å². The summed E-state index contributed by atoms with van der Waals surface area (Å²) in [5.41, 5.74) is 7.28. The minimum absolute atomic E-state index is 0.102. The second-order valence-corrected chi connectivity index (χ2v) is 4.33. The van der Waals surface area contributed by atoms with Crippen LogP contribution in [0.2, 0.25) is 0 Å². The summed E-state index contributed by atoms with van der Waals surface area (Å²) >= 11 is 0. The van der Waals surface area contributed by atoms with E-state index in [-0.39, 0.29) is 12.1 Å². The summed E-state index contributed by atoms with van der Waals surface area (Å²) in [6.45, 7) is 2.76. The summed E-state index contributed by atoms with van der Waals surface area (Å²) in [5.74, 6) is 0.864. The average molecular weight is 249 g/mol. The SMILES string of the molecule is COc1ncnc2c1nc(N)n2C1CCOC1C. The number of hydrogen-bond donors (Lipinski definition) is 1. The van der Waals surface area contributed by atoms with Gasteiger partial charge < -0.3 is 15.2 Å². The fraction of sp³-hybridized carbons (Fsp3) is 0.545. The lowest BCUT2D eigenvalue weighted by molar-refractivity contribution is 0.108. The Kier molecular flexibility index (Phi) is 2.55. The van der Waals surface area contributed by atoms with Crippen LogP contribution in [-0.2, 0) is 4.74 Å². The molecule has 2 atom stereocenters. The van der Waals surface area contributed by atoms with Crippen LogP contribution in [0.4, 0.5) is 5.95 Å². The molecule has 1 fully saturated rings. The van der Waals surface area contributed by atoms with E-state index in [9.17, 15) is 0 Å². The number of methoxy groups -OCH3 is 1. The van der Waals surface area contributed by atoms with E-state index in [2.05, 4.69) is 15.0 Å². The first kappa shape index (κ1) is 11.2. The molecule has 2 unspecified atom stereocenters. The van der Waals surface area contributed by atoms with Gasteiger partial charge in [0.25, 0.3) is 0 Å². The molecular formula is C11H15N5O2. The quantitative estimate of drug-likeness (QED) is 0.845. The van der Waals surface area contributed by atoms with Crippen molar-refractivity contribution in [1.29, 1.82) is 0 Å². The van der Waals surface area contributed by atoms with Crippen LogP contribution in [0.15, 0.2) is 6.33 Å². The first-order valence-corrected chi connectivity index (χ1v) is 5.86. The lowest BCUT2D eigenvalue weighted by atomic mass is 10.1. The number of rotatable bonds is 2. The number of fused-ring (bicyclic) bond motifs is 1. The van der Waals surface area contributed by atoms with Gasteiger partial charge in [0.05, 0.1) is 19.3 Å². The maximum atomic E-state index is 5.99. The Balaban J connectivity index is 2.20. The predicted octanol–water partition coefficient (Wildman–Crippen LogP) is 0.767. The molecule has 2 aromatic heterocycles. The standard InChI is InChI=1S/C11H15N5O2/c1-6-7(3-4-18-6)16-9-8(15-11(16)12)10(17-2)14-5-13-9/h5-7H,3-4H2,1-2H3,(H2,12,15). The van der Waals surface area contributed by atoms with Gasteiger partial charge in [-0.25, -0.2) is 9.97 Å². The minimum Gasteiger partial charge on any atom is -0.479 e. The molecule has 7 nitrogen and oxygen atoms in total. The lowest BCUT2D eigenvalue weighted by Crippen LogP contribution is -2.18. The van der Waals surface area contributed by atoms with Gasteiger partial charge >= 0.3 is 0 Å². The highest BCUT2D eigenvalue weighted by Crippen LogP contribution is 2.32. The molecule has 1 aliphatic rings. The topological polar surface area (TPSA) is 88.1 Å². The van der Waals surface area contributed by atoms with Crippen molar-refractivity contribution in [3.8, 4) is 5.88 Å². The van der Waals surface area contributed by atoms with Crippen molar-refractivity contribution in [3.63, 3.8) is 0 Å². The van der Waals surface area contributed by atoms with Gasteiger partial charge in [-0.05, 0) is 13.3 Å². The van der Waals surface area contributed by atoms with E-state index in [0.717, 1.165) is 13.0 Å². The molecule has 18 heavy (non-hydrogen) atoms. The van der Waals surface area contributed by atoms with Gasteiger partial charge in [0.15, 0.2) is 11.2 Å². The van der Waals surface area contributed by atoms with Gasteiger partial charge in [0, 0.05) is 6.61 Å². The number of ether oxygens (including phenoxy) is 2. The zero-order valence-electron chi connectivity index (χ0n) is 10.3. The summed E-state index contributed by atoms with van der Waals surface area (Å²) in [4.78, 5) is 12.6. The molecule has 0 aliphatic carbocycles. The Bertz CT molecular complexity index is 582. The van der Waals surface area contributed by atoms with E-state index in [4.69, 9.17) is 15.2 Å². The van der Waals surface area contributed by atoms with Crippen LogP contribution in [0.5, 0.6) is 5.88 Å². The molecule has 2 aromatic rings. The maximum absolute atomic E-state index is 5.99. The summed E-state index contributed by atoms with van der Waals surface area (Å²) in [5, 5.41) is 0. The molecule has 0 aromatic carbocycles. The normalized spacial score (nSPS) is 23.7. The van der Waals surface area contributed by atoms with Crippen molar-refractivity contribution in [3.05, 3.63) is 6.33 Å². The third-order valence-corrected chi connectivity index (χ3v) is 3.33. The van der Waals surface area contributed by atoms with Crippen LogP contribution in [0, 0.1) is 0 Å². The van der Waals surface area contributed by atoms with E-state index in [1.54, 1.807) is 7.11 Å². The number of aromatic nitrogens is 4. The number of nitrogen functional groups attached to an aromatic ring is 1. The third-order valence-electron chi connectivity index (χ3n) is 3.33. The largest absolute Gasteiger partial charge is 0.479 e. The molecular weight excluding hydrogens is 234 g/mol. The molecule has 0 saturated carbocycles. The highest BCUT2D eigenvalue weighted by atomic mass is 16.5. The highest BCUT2D eigenvalue weighted by molar-refractivity contribution is 5.79. The minimum atomic E-state index is 0.102. The molecule has 0 spiro atoms. The van der Waals surface area contributed by atoms with Crippen LogP contribution in [-0.4, -0.2) is 39.3 Å². The fourth-order valence-corrected chi connectivity index (χ4v) is 2.44. The predicted molar refractivity (Wildman–Crippen MR) is 65.4 cm³/mol. The van der Waals surface area contributed by atoms with Crippen LogP contribution in [0.3, 0.4) is 0 Å². The van der Waals surface area contributed by atoms with E-state index in [1.807, 2.05) is 11.5 Å². The molecule has 96 valence electrons. The lowest BCUT2D eigenvalue weighted by Gasteiger charge is -2.17. The van der Waals surface area contributed by atoms with Crippen LogP contribution >= 0.6 is 0 Å². The monoisotopic (exact) mass is 249 g/mol. The molecule has 0 bridgehead atoms. The zero-order valence-corrected chi connectivity index (χ0v) is 10.3. The second kappa shape index (κ2) is 4.09. The van der Waals surface area contributed by atoms with E-state index >= 15 is 0 Å². The summed E-state index contributed by atoms with van der Waals surface area (Å²) in [7, 11) is 1.55. The summed E-state index contributed by atoms with van der Waals surface area (Å²) in [6, 6.07) is 0.162. The van der Waals surface area contributed by atoms with Crippen molar-refractivity contribution < 1.29 is 9.47 Å². The Morgan fingerprint density at radius 2 is 2.33 bits per heavy atom. The molecule has 0 radical (unpaired) electrons. The second-order valence-electron chi connectivity index (χ2n) is 4.33. The first-order valence-electron chi connectivity index (χ1n) is 5.86. The molecule has 3 heterocycles. The fourth-order valence-electron chi connectivity index (χ4n) is 2.44. The Labute approximate surface area is 104 Å². The summed E-state index contributed by atoms with van der Waals surface area (Å²) in [6.07, 6.45) is 2.47. The third kappa shape index (κ3) is 1.51. The van der Waals surface area contributed by atoms with Gasteiger partial charge in [-0.2, -0.15) is 4.98 Å². The highest BCUT2D eigenvalue weighted by Gasteiger charge is 2.30. The molecule has 0 amide bonds. The Hall–Kier alpha value is -1.89. The Morgan fingerprint density at radius 1 is 1.50 bits per heavy atom. The van der Waals surface area contributed by atoms with Crippen LogP contribution < -0.4 is 10.5 Å². The van der Waals surface area contributed by atoms with Crippen molar-refractivity contribution in [2.24, 2.45) is 0 Å². The van der Waals surface area contributed by atoms with Crippen LogP contribution in [0.1, 0.15) is 19.4 Å². The molecule has 7 heteroatoms. The number of hydrogen-bond acceptors (Lipinski definition) is 6. The maximum Gasteiger partial charge on any atom is 0.245 e. The number of nitrogens with two attached hydrogens (primary N) is 1. The van der Waals surface area contributed by atoms with Crippen LogP contribution in [0.25, 0.3) is 11.2 Å². The number of nitrogens with zero attached hydrogens (tertiary/aromatic N) is 4. The van der Waals surface area contributed by atoms with E-state index in [0.29, 0.717) is 23.0 Å². The van der Waals surface area contributed by atoms with Gasteiger partial charge in [-0.3, -0.25) is 4.57 Å². The van der Waals surface area contributed by atoms with Crippen molar-refractivity contribution in [2.45, 2.75) is 25.5 Å². The molecule has 1 aliphatic heterocycles. The van der Waals surface area contributed by atoms with Gasteiger partial charge in [-0.1, -0.05) is 0 Å². The summed E-state index contributed by atoms with van der Waals surface area (Å²) < 4.78 is 12.7. The van der Waals surface area contributed by atoms with Crippen molar-refractivity contribution in [1.82, 2.24) is 19.5 Å². The number of anilines is 1. The van der Waals surface area contributed by atoms with E-state index in [1.165, 1.54) is 6.33 Å². The molecule has 1 saturated heterocycles. The Morgan fingerprint density at radius 3 is 3.00 bits per heavy atom. The van der Waals surface area contributed by atoms with Gasteiger partial charge in [0.2, 0.25) is 11.8 Å². The zero-order chi connectivity index (χ0) is 12.7. The first-order chi connectivity index (χ1) is 8.72. The average Bonchev–Trinajstić information content (AvgIpc) is 2.91. The van der Waals surface area contributed by atoms with Crippen molar-refractivity contribution in [2.75, 3.05) is 19.5 Å². The van der Waals surface area contributed by atoms with Gasteiger partial charge in [-0.15, -0.1) is 0 Å². The molecule has 3 rings (SSSR count). The van der Waals surface area contributed by atoms with E-state index < -0.39 is 0 Å². The van der Waals surface area contributed by atoms with Crippen molar-refractivity contribution >= 4 is 17.1 Å². The smallest absolute Gasteiger partial charge is 0.245 e.